The van der Waals surface area contributed by atoms with Crippen molar-refractivity contribution in [1.29, 1.82) is 0 Å². The highest BCUT2D eigenvalue weighted by Crippen LogP contribution is 2.27. The molecule has 0 fully saturated rings. The van der Waals surface area contributed by atoms with Crippen molar-refractivity contribution < 1.29 is 22.7 Å². The molecular formula is C24H24ClNO5S. The number of sulfonamides is 1. The van der Waals surface area contributed by atoms with Gasteiger partial charge >= 0.3 is 0 Å². The second-order valence-electron chi connectivity index (χ2n) is 6.81. The van der Waals surface area contributed by atoms with Crippen LogP contribution in [0, 0.1) is 0 Å². The summed E-state index contributed by atoms with van der Waals surface area (Å²) in [5.41, 5.74) is 0.251. The first-order valence-electron chi connectivity index (χ1n) is 10.2. The molecule has 1 amide bonds. The van der Waals surface area contributed by atoms with E-state index >= 15 is 0 Å². The largest absolute Gasteiger partial charge is 0.494 e. The number of nitrogens with zero attached hydrogens (tertiary/aromatic N) is 1. The van der Waals surface area contributed by atoms with Crippen molar-refractivity contribution >= 4 is 33.2 Å². The van der Waals surface area contributed by atoms with Crippen LogP contribution in [0.2, 0.25) is 5.02 Å². The van der Waals surface area contributed by atoms with Gasteiger partial charge in [0.25, 0.3) is 10.0 Å². The van der Waals surface area contributed by atoms with E-state index in [1.54, 1.807) is 66.7 Å². The highest BCUT2D eigenvalue weighted by atomic mass is 35.5. The second-order valence-corrected chi connectivity index (χ2v) is 9.03. The second kappa shape index (κ2) is 11.0. The summed E-state index contributed by atoms with van der Waals surface area (Å²) in [6.07, 6.45) is 0.339. The van der Waals surface area contributed by atoms with E-state index in [0.29, 0.717) is 29.5 Å². The zero-order valence-corrected chi connectivity index (χ0v) is 19.2. The smallest absolute Gasteiger partial charge is 0.270 e. The number of halogens is 1. The van der Waals surface area contributed by atoms with Crippen LogP contribution in [-0.4, -0.2) is 27.5 Å². The van der Waals surface area contributed by atoms with E-state index in [0.717, 1.165) is 4.31 Å². The normalized spacial score (nSPS) is 11.1. The molecule has 0 saturated heterocycles. The van der Waals surface area contributed by atoms with Crippen molar-refractivity contribution in [2.75, 3.05) is 17.5 Å². The molecule has 3 rings (SSSR count). The zero-order valence-electron chi connectivity index (χ0n) is 17.6. The van der Waals surface area contributed by atoms with Crippen LogP contribution in [0.15, 0.2) is 83.8 Å². The van der Waals surface area contributed by atoms with Gasteiger partial charge in [-0.3, -0.25) is 4.79 Å². The fourth-order valence-electron chi connectivity index (χ4n) is 3.00. The van der Waals surface area contributed by atoms with E-state index in [2.05, 4.69) is 0 Å². The monoisotopic (exact) mass is 473 g/mol. The van der Waals surface area contributed by atoms with Gasteiger partial charge in [0, 0.05) is 11.4 Å². The average molecular weight is 474 g/mol. The third-order valence-electron chi connectivity index (χ3n) is 4.51. The summed E-state index contributed by atoms with van der Waals surface area (Å²) in [4.78, 5) is 13.1. The topological polar surface area (TPSA) is 72.9 Å². The first-order valence-corrected chi connectivity index (χ1v) is 12.0. The Morgan fingerprint density at radius 2 is 1.47 bits per heavy atom. The first-order chi connectivity index (χ1) is 15.4. The van der Waals surface area contributed by atoms with Crippen LogP contribution in [0.4, 0.5) is 5.69 Å². The van der Waals surface area contributed by atoms with Gasteiger partial charge in [0.1, 0.15) is 11.5 Å². The maximum Gasteiger partial charge on any atom is 0.270 e. The molecule has 8 heteroatoms. The molecule has 0 aliphatic rings. The van der Waals surface area contributed by atoms with Gasteiger partial charge in [0.2, 0.25) is 5.91 Å². The summed E-state index contributed by atoms with van der Waals surface area (Å²) in [6.45, 7) is 2.60. The molecule has 0 N–H and O–H groups in total. The quantitative estimate of drug-likeness (QED) is 0.372. The van der Waals surface area contributed by atoms with Crippen molar-refractivity contribution in [3.63, 3.8) is 0 Å². The van der Waals surface area contributed by atoms with Gasteiger partial charge in [-0.2, -0.15) is 0 Å². The van der Waals surface area contributed by atoms with Crippen LogP contribution >= 0.6 is 11.6 Å². The molecule has 3 aromatic rings. The molecule has 0 heterocycles. The van der Waals surface area contributed by atoms with Crippen LogP contribution in [0.5, 0.6) is 11.5 Å². The summed E-state index contributed by atoms with van der Waals surface area (Å²) in [6, 6.07) is 21.2. The van der Waals surface area contributed by atoms with Gasteiger partial charge < -0.3 is 9.47 Å². The SMILES string of the molecule is CCOc1ccc(N(C(=O)CCCOc2ccc(Cl)cc2)S(=O)(=O)c2ccccc2)cc1. The van der Waals surface area contributed by atoms with E-state index < -0.39 is 15.9 Å². The summed E-state index contributed by atoms with van der Waals surface area (Å²) in [7, 11) is -4.09. The lowest BCUT2D eigenvalue weighted by atomic mass is 10.2. The Morgan fingerprint density at radius 3 is 2.09 bits per heavy atom. The molecule has 0 atom stereocenters. The molecule has 0 aliphatic carbocycles. The number of anilines is 1. The standard InChI is InChI=1S/C24H24ClNO5S/c1-2-30-21-16-12-20(13-17-21)26(32(28,29)23-7-4-3-5-8-23)24(27)9-6-18-31-22-14-10-19(25)11-15-22/h3-5,7-8,10-17H,2,6,9,18H2,1H3. The van der Waals surface area contributed by atoms with Crippen molar-refractivity contribution in [2.24, 2.45) is 0 Å². The number of hydrogen-bond acceptors (Lipinski definition) is 5. The highest BCUT2D eigenvalue weighted by Gasteiger charge is 2.30. The third-order valence-corrected chi connectivity index (χ3v) is 6.52. The Bertz CT molecular complexity index is 1120. The Labute approximate surface area is 193 Å². The van der Waals surface area contributed by atoms with Crippen molar-refractivity contribution in [3.05, 3.63) is 83.9 Å². The van der Waals surface area contributed by atoms with E-state index in [-0.39, 0.29) is 23.6 Å². The van der Waals surface area contributed by atoms with Gasteiger partial charge in [-0.05, 0) is 74.0 Å². The maximum atomic E-state index is 13.3. The molecule has 0 unspecified atom stereocenters. The van der Waals surface area contributed by atoms with Crippen LogP contribution in [-0.2, 0) is 14.8 Å². The molecule has 168 valence electrons. The number of hydrogen-bond donors (Lipinski definition) is 0. The van der Waals surface area contributed by atoms with Gasteiger partial charge in [0.05, 0.1) is 23.8 Å². The Balaban J connectivity index is 1.76. The molecule has 3 aromatic carbocycles. The maximum absolute atomic E-state index is 13.3. The summed E-state index contributed by atoms with van der Waals surface area (Å²) < 4.78 is 38.5. The summed E-state index contributed by atoms with van der Waals surface area (Å²) >= 11 is 5.86. The molecule has 0 bridgehead atoms. The van der Waals surface area contributed by atoms with Crippen molar-refractivity contribution in [3.8, 4) is 11.5 Å². The number of carbonyl (C=O) groups is 1. The molecule has 32 heavy (non-hydrogen) atoms. The molecule has 0 aliphatic heterocycles. The number of ether oxygens (including phenoxy) is 2. The summed E-state index contributed by atoms with van der Waals surface area (Å²) in [5, 5.41) is 0.602. The molecule has 0 saturated carbocycles. The van der Waals surface area contributed by atoms with Gasteiger partial charge in [-0.15, -0.1) is 0 Å². The highest BCUT2D eigenvalue weighted by molar-refractivity contribution is 7.93. The van der Waals surface area contributed by atoms with Gasteiger partial charge in [-0.25, -0.2) is 12.7 Å². The number of amides is 1. The van der Waals surface area contributed by atoms with Crippen LogP contribution < -0.4 is 13.8 Å². The van der Waals surface area contributed by atoms with Crippen LogP contribution in [0.25, 0.3) is 0 Å². The van der Waals surface area contributed by atoms with Crippen LogP contribution in [0.1, 0.15) is 19.8 Å². The minimum absolute atomic E-state index is 0.00708. The van der Waals surface area contributed by atoms with E-state index in [9.17, 15) is 13.2 Å². The number of rotatable bonds is 10. The first kappa shape index (κ1) is 23.6. The molecule has 0 aromatic heterocycles. The van der Waals surface area contributed by atoms with Gasteiger partial charge in [-0.1, -0.05) is 29.8 Å². The predicted octanol–water partition coefficient (Wildman–Crippen LogP) is 5.32. The van der Waals surface area contributed by atoms with E-state index in [1.807, 2.05) is 6.92 Å². The number of carbonyl (C=O) groups excluding carboxylic acids is 1. The lowest BCUT2D eigenvalue weighted by Gasteiger charge is -2.23. The molecule has 6 nitrogen and oxygen atoms in total. The zero-order chi connectivity index (χ0) is 23.0. The summed E-state index contributed by atoms with van der Waals surface area (Å²) in [5.74, 6) is 0.678. The fraction of sp³-hybridized carbons (Fsp3) is 0.208. The minimum Gasteiger partial charge on any atom is -0.494 e. The van der Waals surface area contributed by atoms with Crippen molar-refractivity contribution in [2.45, 2.75) is 24.7 Å². The van der Waals surface area contributed by atoms with Crippen LogP contribution in [0.3, 0.4) is 0 Å². The lowest BCUT2D eigenvalue weighted by molar-refractivity contribution is -0.117. The average Bonchev–Trinajstić information content (AvgIpc) is 2.80. The fourth-order valence-corrected chi connectivity index (χ4v) is 4.60. The Kier molecular flexibility index (Phi) is 8.14. The Morgan fingerprint density at radius 1 is 0.875 bits per heavy atom. The molecule has 0 radical (unpaired) electrons. The predicted molar refractivity (Wildman–Crippen MR) is 125 cm³/mol. The van der Waals surface area contributed by atoms with Gasteiger partial charge in [0.15, 0.2) is 0 Å². The minimum atomic E-state index is -4.09. The third kappa shape index (κ3) is 6.02. The molecular weight excluding hydrogens is 450 g/mol. The lowest BCUT2D eigenvalue weighted by Crippen LogP contribution is -2.37. The number of benzene rings is 3. The van der Waals surface area contributed by atoms with E-state index in [4.69, 9.17) is 21.1 Å². The van der Waals surface area contributed by atoms with Crippen molar-refractivity contribution in [1.82, 2.24) is 0 Å². The Hall–Kier alpha value is -3.03. The molecule has 0 spiro atoms. The van der Waals surface area contributed by atoms with E-state index in [1.165, 1.54) is 12.1 Å².